The summed E-state index contributed by atoms with van der Waals surface area (Å²) in [6.45, 7) is 2.09. The summed E-state index contributed by atoms with van der Waals surface area (Å²) in [5.74, 6) is 0.727. The van der Waals surface area contributed by atoms with Crippen LogP contribution in [0.4, 0.5) is 0 Å². The topological polar surface area (TPSA) is 43.1 Å². The standard InChI is InChI=1S/C13H12N4/c1-2-10-12(11-6-3-4-7-14-11)17-9-5-8-15-13(17)16-10/h3-9H,2H2,1H3. The van der Waals surface area contributed by atoms with E-state index in [4.69, 9.17) is 0 Å². The van der Waals surface area contributed by atoms with Crippen molar-refractivity contribution in [2.75, 3.05) is 0 Å². The van der Waals surface area contributed by atoms with Crippen molar-refractivity contribution in [3.63, 3.8) is 0 Å². The predicted octanol–water partition coefficient (Wildman–Crippen LogP) is 2.35. The lowest BCUT2D eigenvalue weighted by molar-refractivity contribution is 1.06. The average Bonchev–Trinajstić information content (AvgIpc) is 2.78. The summed E-state index contributed by atoms with van der Waals surface area (Å²) in [7, 11) is 0. The van der Waals surface area contributed by atoms with E-state index in [1.54, 1.807) is 12.4 Å². The van der Waals surface area contributed by atoms with Gasteiger partial charge in [-0.05, 0) is 24.6 Å². The Morgan fingerprint density at radius 2 is 2.00 bits per heavy atom. The summed E-state index contributed by atoms with van der Waals surface area (Å²) in [5, 5.41) is 0. The largest absolute Gasteiger partial charge is 0.282 e. The minimum atomic E-state index is 0.727. The first-order valence-corrected chi connectivity index (χ1v) is 5.63. The lowest BCUT2D eigenvalue weighted by atomic mass is 10.2. The van der Waals surface area contributed by atoms with E-state index in [-0.39, 0.29) is 0 Å². The molecule has 3 aromatic heterocycles. The second kappa shape index (κ2) is 3.97. The lowest BCUT2D eigenvalue weighted by Crippen LogP contribution is -1.93. The van der Waals surface area contributed by atoms with Gasteiger partial charge in [0, 0.05) is 18.6 Å². The second-order valence-corrected chi connectivity index (χ2v) is 3.77. The quantitative estimate of drug-likeness (QED) is 0.671. The number of fused-ring (bicyclic) bond motifs is 1. The normalized spacial score (nSPS) is 10.9. The van der Waals surface area contributed by atoms with Gasteiger partial charge in [-0.2, -0.15) is 0 Å². The van der Waals surface area contributed by atoms with Crippen molar-refractivity contribution >= 4 is 5.78 Å². The highest BCUT2D eigenvalue weighted by atomic mass is 15.1. The van der Waals surface area contributed by atoms with Crippen LogP contribution in [0.2, 0.25) is 0 Å². The smallest absolute Gasteiger partial charge is 0.234 e. The first-order valence-electron chi connectivity index (χ1n) is 5.63. The van der Waals surface area contributed by atoms with Crippen LogP contribution in [-0.4, -0.2) is 19.4 Å². The summed E-state index contributed by atoms with van der Waals surface area (Å²) >= 11 is 0. The van der Waals surface area contributed by atoms with Gasteiger partial charge >= 0.3 is 0 Å². The number of hydrogen-bond acceptors (Lipinski definition) is 3. The Morgan fingerprint density at radius 1 is 1.12 bits per heavy atom. The molecular formula is C13H12N4. The van der Waals surface area contributed by atoms with Crippen LogP contribution in [0.5, 0.6) is 0 Å². The van der Waals surface area contributed by atoms with Crippen molar-refractivity contribution in [2.45, 2.75) is 13.3 Å². The molecule has 3 rings (SSSR count). The highest BCUT2D eigenvalue weighted by molar-refractivity contribution is 5.62. The molecule has 0 fully saturated rings. The molecule has 17 heavy (non-hydrogen) atoms. The number of imidazole rings is 1. The molecule has 0 saturated carbocycles. The number of nitrogens with zero attached hydrogens (tertiary/aromatic N) is 4. The molecular weight excluding hydrogens is 212 g/mol. The van der Waals surface area contributed by atoms with Crippen LogP contribution < -0.4 is 0 Å². The molecule has 0 aliphatic heterocycles. The molecule has 3 heterocycles. The summed E-state index contributed by atoms with van der Waals surface area (Å²) in [6, 6.07) is 7.80. The molecule has 0 saturated heterocycles. The first-order chi connectivity index (χ1) is 8.40. The van der Waals surface area contributed by atoms with Crippen molar-refractivity contribution < 1.29 is 0 Å². The van der Waals surface area contributed by atoms with Crippen molar-refractivity contribution in [2.24, 2.45) is 0 Å². The first kappa shape index (κ1) is 9.96. The molecule has 0 aromatic carbocycles. The van der Waals surface area contributed by atoms with Crippen LogP contribution in [0.1, 0.15) is 12.6 Å². The fraction of sp³-hybridized carbons (Fsp3) is 0.154. The van der Waals surface area contributed by atoms with Gasteiger partial charge in [-0.15, -0.1) is 0 Å². The molecule has 0 N–H and O–H groups in total. The monoisotopic (exact) mass is 224 g/mol. The zero-order valence-corrected chi connectivity index (χ0v) is 9.54. The molecule has 0 radical (unpaired) electrons. The maximum atomic E-state index is 4.52. The van der Waals surface area contributed by atoms with E-state index in [0.29, 0.717) is 0 Å². The van der Waals surface area contributed by atoms with Crippen molar-refractivity contribution in [1.82, 2.24) is 19.4 Å². The summed E-state index contributed by atoms with van der Waals surface area (Å²) in [6.07, 6.45) is 6.39. The maximum Gasteiger partial charge on any atom is 0.234 e. The van der Waals surface area contributed by atoms with Crippen molar-refractivity contribution in [3.05, 3.63) is 48.5 Å². The van der Waals surface area contributed by atoms with Gasteiger partial charge in [-0.25, -0.2) is 9.97 Å². The van der Waals surface area contributed by atoms with Gasteiger partial charge in [0.05, 0.1) is 17.1 Å². The van der Waals surface area contributed by atoms with E-state index in [0.717, 1.165) is 29.3 Å². The number of aromatic nitrogens is 4. The Labute approximate surface area is 99.0 Å². The third-order valence-electron chi connectivity index (χ3n) is 2.72. The van der Waals surface area contributed by atoms with Gasteiger partial charge in [-0.3, -0.25) is 9.38 Å². The molecule has 0 unspecified atom stereocenters. The van der Waals surface area contributed by atoms with Crippen LogP contribution in [0.25, 0.3) is 17.2 Å². The predicted molar refractivity (Wildman–Crippen MR) is 65.6 cm³/mol. The maximum absolute atomic E-state index is 4.52. The lowest BCUT2D eigenvalue weighted by Gasteiger charge is -2.02. The number of hydrogen-bond donors (Lipinski definition) is 0. The summed E-state index contributed by atoms with van der Waals surface area (Å²) in [5.41, 5.74) is 3.00. The third-order valence-corrected chi connectivity index (χ3v) is 2.72. The van der Waals surface area contributed by atoms with E-state index >= 15 is 0 Å². The van der Waals surface area contributed by atoms with Gasteiger partial charge in [-0.1, -0.05) is 13.0 Å². The van der Waals surface area contributed by atoms with E-state index in [2.05, 4.69) is 21.9 Å². The van der Waals surface area contributed by atoms with Gasteiger partial charge < -0.3 is 0 Å². The molecule has 0 amide bonds. The highest BCUT2D eigenvalue weighted by Gasteiger charge is 2.13. The number of rotatable bonds is 2. The Kier molecular flexibility index (Phi) is 2.33. The molecule has 0 atom stereocenters. The Bertz CT molecular complexity index is 643. The summed E-state index contributed by atoms with van der Waals surface area (Å²) in [4.78, 5) is 13.2. The summed E-state index contributed by atoms with van der Waals surface area (Å²) < 4.78 is 1.99. The van der Waals surface area contributed by atoms with Gasteiger partial charge in [0.15, 0.2) is 0 Å². The molecule has 4 nitrogen and oxygen atoms in total. The molecule has 0 spiro atoms. The highest BCUT2D eigenvalue weighted by Crippen LogP contribution is 2.22. The van der Waals surface area contributed by atoms with Crippen LogP contribution >= 0.6 is 0 Å². The van der Waals surface area contributed by atoms with Gasteiger partial charge in [0.2, 0.25) is 5.78 Å². The fourth-order valence-electron chi connectivity index (χ4n) is 1.95. The van der Waals surface area contributed by atoms with Crippen molar-refractivity contribution in [1.29, 1.82) is 0 Å². The SMILES string of the molecule is CCc1nc2ncccn2c1-c1ccccn1. The molecule has 84 valence electrons. The molecule has 4 heteroatoms. The Morgan fingerprint density at radius 3 is 2.76 bits per heavy atom. The molecule has 0 aliphatic rings. The van der Waals surface area contributed by atoms with Crippen LogP contribution in [0, 0.1) is 0 Å². The zero-order valence-electron chi connectivity index (χ0n) is 9.54. The molecule has 0 bridgehead atoms. The Hall–Kier alpha value is -2.23. The van der Waals surface area contributed by atoms with Gasteiger partial charge in [0.25, 0.3) is 0 Å². The molecule has 3 aromatic rings. The van der Waals surface area contributed by atoms with E-state index in [1.807, 2.05) is 34.9 Å². The zero-order chi connectivity index (χ0) is 11.7. The van der Waals surface area contributed by atoms with E-state index in [9.17, 15) is 0 Å². The van der Waals surface area contributed by atoms with Crippen LogP contribution in [-0.2, 0) is 6.42 Å². The van der Waals surface area contributed by atoms with Crippen molar-refractivity contribution in [3.8, 4) is 11.4 Å². The minimum Gasteiger partial charge on any atom is -0.282 e. The average molecular weight is 224 g/mol. The minimum absolute atomic E-state index is 0.727. The second-order valence-electron chi connectivity index (χ2n) is 3.77. The Balaban J connectivity index is 2.34. The van der Waals surface area contributed by atoms with E-state index in [1.165, 1.54) is 0 Å². The third kappa shape index (κ3) is 1.58. The van der Waals surface area contributed by atoms with E-state index < -0.39 is 0 Å². The fourth-order valence-corrected chi connectivity index (χ4v) is 1.95. The van der Waals surface area contributed by atoms with Crippen LogP contribution in [0.3, 0.4) is 0 Å². The molecule has 0 aliphatic carbocycles. The van der Waals surface area contributed by atoms with Crippen LogP contribution in [0.15, 0.2) is 42.9 Å². The number of pyridine rings is 1. The van der Waals surface area contributed by atoms with Gasteiger partial charge in [0.1, 0.15) is 0 Å². The number of aryl methyl sites for hydroxylation is 1.